The van der Waals surface area contributed by atoms with E-state index in [1.807, 2.05) is 30.9 Å². The molecular weight excluding hydrogens is 352 g/mol. The molecule has 3 fully saturated rings. The molecule has 0 bridgehead atoms. The molecule has 1 aromatic rings. The molecule has 152 valence electrons. The van der Waals surface area contributed by atoms with Gasteiger partial charge in [0.05, 0.1) is 13.0 Å². The van der Waals surface area contributed by atoms with Crippen LogP contribution in [0.15, 0.2) is 24.3 Å². The smallest absolute Gasteiger partial charge is 0.225 e. The first-order valence-corrected chi connectivity index (χ1v) is 10.7. The molecule has 5 nitrogen and oxygen atoms in total. The number of carbonyl (C=O) groups excluding carboxylic acids is 2. The van der Waals surface area contributed by atoms with Crippen molar-refractivity contribution in [2.45, 2.75) is 64.0 Å². The summed E-state index contributed by atoms with van der Waals surface area (Å²) in [6.45, 7) is 4.57. The SMILES string of the molecule is COc1ccc([C@H]2[C@@H]3CCCC[C@H]3[C@@H]2NC(=O)[C@@H]2CC(=O)N(C(C)C)C2)cc1. The molecule has 1 saturated heterocycles. The van der Waals surface area contributed by atoms with Gasteiger partial charge in [-0.1, -0.05) is 25.0 Å². The van der Waals surface area contributed by atoms with Gasteiger partial charge in [0.25, 0.3) is 0 Å². The zero-order valence-corrected chi connectivity index (χ0v) is 17.2. The molecule has 2 aliphatic carbocycles. The summed E-state index contributed by atoms with van der Waals surface area (Å²) in [6.07, 6.45) is 5.33. The van der Waals surface area contributed by atoms with Crippen LogP contribution in [0.2, 0.25) is 0 Å². The Morgan fingerprint density at radius 1 is 1.14 bits per heavy atom. The number of methoxy groups -OCH3 is 1. The summed E-state index contributed by atoms with van der Waals surface area (Å²) in [5.74, 6) is 2.41. The second-order valence-corrected chi connectivity index (χ2v) is 8.99. The Hall–Kier alpha value is -2.04. The lowest BCUT2D eigenvalue weighted by Gasteiger charge is -2.55. The van der Waals surface area contributed by atoms with Gasteiger partial charge in [0.1, 0.15) is 5.75 Å². The summed E-state index contributed by atoms with van der Waals surface area (Å²) in [5, 5.41) is 3.37. The van der Waals surface area contributed by atoms with Gasteiger partial charge in [-0.05, 0) is 56.2 Å². The van der Waals surface area contributed by atoms with E-state index in [0.717, 1.165) is 5.75 Å². The number of amides is 2. The van der Waals surface area contributed by atoms with Crippen LogP contribution in [0.4, 0.5) is 0 Å². The maximum atomic E-state index is 13.0. The molecule has 0 unspecified atom stereocenters. The van der Waals surface area contributed by atoms with Crippen molar-refractivity contribution >= 4 is 11.8 Å². The summed E-state index contributed by atoms with van der Waals surface area (Å²) in [7, 11) is 1.68. The summed E-state index contributed by atoms with van der Waals surface area (Å²) < 4.78 is 5.30. The van der Waals surface area contributed by atoms with Crippen LogP contribution in [0.1, 0.15) is 57.4 Å². The van der Waals surface area contributed by atoms with Gasteiger partial charge in [0, 0.05) is 31.0 Å². The molecule has 5 atom stereocenters. The van der Waals surface area contributed by atoms with Gasteiger partial charge in [0.2, 0.25) is 11.8 Å². The lowest BCUT2D eigenvalue weighted by molar-refractivity contribution is -0.131. The predicted octanol–water partition coefficient (Wildman–Crippen LogP) is 3.34. The zero-order valence-electron chi connectivity index (χ0n) is 17.2. The fourth-order valence-corrected chi connectivity index (χ4v) is 5.63. The molecule has 28 heavy (non-hydrogen) atoms. The van der Waals surface area contributed by atoms with Gasteiger partial charge in [-0.25, -0.2) is 0 Å². The standard InChI is InChI=1S/C23H32N2O3/c1-14(2)25-13-16(12-20(25)26)23(27)24-22-19-7-5-4-6-18(19)21(22)15-8-10-17(28-3)11-9-15/h8-11,14,16,18-19,21-22H,4-7,12-13H2,1-3H3,(H,24,27)/t16-,18-,19-,21+,22+/m1/s1. The van der Waals surface area contributed by atoms with E-state index in [0.29, 0.717) is 30.7 Å². The van der Waals surface area contributed by atoms with E-state index in [4.69, 9.17) is 4.74 Å². The molecule has 3 aliphatic rings. The number of benzene rings is 1. The number of nitrogens with one attached hydrogen (secondary N) is 1. The molecule has 4 rings (SSSR count). The topological polar surface area (TPSA) is 58.6 Å². The second kappa shape index (κ2) is 7.76. The maximum absolute atomic E-state index is 13.0. The molecule has 0 radical (unpaired) electrons. The molecular formula is C23H32N2O3. The van der Waals surface area contributed by atoms with E-state index in [1.165, 1.54) is 31.2 Å². The lowest BCUT2D eigenvalue weighted by atomic mass is 9.53. The minimum atomic E-state index is -0.214. The van der Waals surface area contributed by atoms with Crippen LogP contribution in [-0.2, 0) is 9.59 Å². The molecule has 1 N–H and O–H groups in total. The lowest BCUT2D eigenvalue weighted by Crippen LogP contribution is -2.60. The molecule has 1 aromatic carbocycles. The quantitative estimate of drug-likeness (QED) is 0.847. The van der Waals surface area contributed by atoms with Crippen LogP contribution < -0.4 is 10.1 Å². The molecule has 0 spiro atoms. The van der Waals surface area contributed by atoms with Crippen molar-refractivity contribution < 1.29 is 14.3 Å². The summed E-state index contributed by atoms with van der Waals surface area (Å²) in [6, 6.07) is 8.67. The van der Waals surface area contributed by atoms with E-state index in [9.17, 15) is 9.59 Å². The number of ether oxygens (including phenoxy) is 1. The zero-order chi connectivity index (χ0) is 19.8. The van der Waals surface area contributed by atoms with Gasteiger partial charge < -0.3 is 15.0 Å². The van der Waals surface area contributed by atoms with Crippen LogP contribution in [0.5, 0.6) is 5.75 Å². The Morgan fingerprint density at radius 2 is 1.82 bits per heavy atom. The maximum Gasteiger partial charge on any atom is 0.225 e. The Morgan fingerprint density at radius 3 is 2.43 bits per heavy atom. The van der Waals surface area contributed by atoms with Gasteiger partial charge in [0.15, 0.2) is 0 Å². The fraction of sp³-hybridized carbons (Fsp3) is 0.652. The van der Waals surface area contributed by atoms with Crippen LogP contribution in [0.25, 0.3) is 0 Å². The van der Waals surface area contributed by atoms with E-state index in [1.54, 1.807) is 7.11 Å². The number of nitrogens with zero attached hydrogens (tertiary/aromatic N) is 1. The van der Waals surface area contributed by atoms with E-state index in [-0.39, 0.29) is 29.8 Å². The number of carbonyl (C=O) groups is 2. The van der Waals surface area contributed by atoms with E-state index in [2.05, 4.69) is 17.4 Å². The third-order valence-electron chi connectivity index (χ3n) is 7.15. The highest BCUT2D eigenvalue weighted by Gasteiger charge is 2.52. The summed E-state index contributed by atoms with van der Waals surface area (Å²) in [5.41, 5.74) is 1.29. The van der Waals surface area contributed by atoms with Crippen LogP contribution in [-0.4, -0.2) is 42.5 Å². The highest BCUT2D eigenvalue weighted by atomic mass is 16.5. The molecule has 2 amide bonds. The number of hydrogen-bond donors (Lipinski definition) is 1. The number of hydrogen-bond acceptors (Lipinski definition) is 3. The van der Waals surface area contributed by atoms with Crippen molar-refractivity contribution in [3.05, 3.63) is 29.8 Å². The number of fused-ring (bicyclic) bond motifs is 1. The minimum absolute atomic E-state index is 0.0593. The molecule has 1 aliphatic heterocycles. The molecule has 0 aromatic heterocycles. The Balaban J connectivity index is 1.48. The predicted molar refractivity (Wildman–Crippen MR) is 108 cm³/mol. The third kappa shape index (κ3) is 3.40. The van der Waals surface area contributed by atoms with Crippen molar-refractivity contribution in [1.29, 1.82) is 0 Å². The summed E-state index contributed by atoms with van der Waals surface area (Å²) in [4.78, 5) is 27.0. The first kappa shape index (κ1) is 19.3. The second-order valence-electron chi connectivity index (χ2n) is 8.99. The van der Waals surface area contributed by atoms with Gasteiger partial charge in [-0.2, -0.15) is 0 Å². The Labute approximate surface area is 167 Å². The third-order valence-corrected chi connectivity index (χ3v) is 7.15. The molecule has 2 saturated carbocycles. The van der Waals surface area contributed by atoms with Crippen molar-refractivity contribution in [3.63, 3.8) is 0 Å². The van der Waals surface area contributed by atoms with Crippen molar-refractivity contribution in [3.8, 4) is 5.75 Å². The number of rotatable bonds is 5. The molecule has 1 heterocycles. The highest BCUT2D eigenvalue weighted by Crippen LogP contribution is 2.54. The highest BCUT2D eigenvalue weighted by molar-refractivity contribution is 5.89. The molecule has 5 heteroatoms. The minimum Gasteiger partial charge on any atom is -0.497 e. The Kier molecular flexibility index (Phi) is 5.35. The fourth-order valence-electron chi connectivity index (χ4n) is 5.63. The van der Waals surface area contributed by atoms with Crippen LogP contribution in [0.3, 0.4) is 0 Å². The van der Waals surface area contributed by atoms with E-state index < -0.39 is 0 Å². The first-order valence-electron chi connectivity index (χ1n) is 10.7. The Bertz CT molecular complexity index is 730. The normalized spacial score (nSPS) is 32.1. The van der Waals surface area contributed by atoms with Gasteiger partial charge >= 0.3 is 0 Å². The monoisotopic (exact) mass is 384 g/mol. The largest absolute Gasteiger partial charge is 0.497 e. The van der Waals surface area contributed by atoms with Gasteiger partial charge in [-0.3, -0.25) is 9.59 Å². The average Bonchev–Trinajstić information content (AvgIpc) is 3.09. The summed E-state index contributed by atoms with van der Waals surface area (Å²) >= 11 is 0. The van der Waals surface area contributed by atoms with Crippen LogP contribution >= 0.6 is 0 Å². The van der Waals surface area contributed by atoms with Crippen molar-refractivity contribution in [2.24, 2.45) is 17.8 Å². The van der Waals surface area contributed by atoms with Crippen LogP contribution in [0, 0.1) is 17.8 Å². The first-order chi connectivity index (χ1) is 13.5. The van der Waals surface area contributed by atoms with Crippen molar-refractivity contribution in [1.82, 2.24) is 10.2 Å². The van der Waals surface area contributed by atoms with Crippen molar-refractivity contribution in [2.75, 3.05) is 13.7 Å². The van der Waals surface area contributed by atoms with Gasteiger partial charge in [-0.15, -0.1) is 0 Å². The average molecular weight is 385 g/mol. The number of likely N-dealkylation sites (tertiary alicyclic amines) is 1. The van der Waals surface area contributed by atoms with E-state index >= 15 is 0 Å².